The van der Waals surface area contributed by atoms with Gasteiger partial charge in [-0.3, -0.25) is 9.59 Å². The summed E-state index contributed by atoms with van der Waals surface area (Å²) in [7, 11) is 0. The normalized spacial score (nSPS) is 18.7. The highest BCUT2D eigenvalue weighted by molar-refractivity contribution is 7.09. The third kappa shape index (κ3) is 2.90. The van der Waals surface area contributed by atoms with Gasteiger partial charge in [-0.25, -0.2) is 4.98 Å². The van der Waals surface area contributed by atoms with Gasteiger partial charge in [-0.15, -0.1) is 11.3 Å². The van der Waals surface area contributed by atoms with E-state index in [1.165, 1.54) is 12.1 Å². The summed E-state index contributed by atoms with van der Waals surface area (Å²) in [6.07, 6.45) is 4.69. The Morgan fingerprint density at radius 2 is 2.29 bits per heavy atom. The number of amides is 1. The van der Waals surface area contributed by atoms with E-state index in [2.05, 4.69) is 4.98 Å². The van der Waals surface area contributed by atoms with Crippen molar-refractivity contribution in [2.24, 2.45) is 0 Å². The highest BCUT2D eigenvalue weighted by atomic mass is 32.1. The quantitative estimate of drug-likeness (QED) is 0.856. The Labute approximate surface area is 126 Å². The first-order chi connectivity index (χ1) is 10.1. The number of likely N-dealkylation sites (tertiary alicyclic amines) is 1. The summed E-state index contributed by atoms with van der Waals surface area (Å²) in [5.41, 5.74) is -0.204. The average Bonchev–Trinajstić information content (AvgIpc) is 2.99. The molecular formula is C15H16N2O3S. The van der Waals surface area contributed by atoms with E-state index in [4.69, 9.17) is 4.42 Å². The van der Waals surface area contributed by atoms with Crippen molar-refractivity contribution in [2.75, 3.05) is 6.54 Å². The number of thiazole rings is 1. The number of piperidine rings is 1. The van der Waals surface area contributed by atoms with Crippen molar-refractivity contribution >= 4 is 17.2 Å². The smallest absolute Gasteiger partial charge is 0.290 e. The molecule has 0 unspecified atom stereocenters. The second kappa shape index (κ2) is 5.81. The van der Waals surface area contributed by atoms with Gasteiger partial charge in [-0.2, -0.15) is 0 Å². The highest BCUT2D eigenvalue weighted by Gasteiger charge is 2.31. The Bertz CT molecular complexity index is 693. The van der Waals surface area contributed by atoms with Crippen molar-refractivity contribution in [2.45, 2.75) is 32.2 Å². The second-order valence-electron chi connectivity index (χ2n) is 5.15. The Hall–Kier alpha value is -1.95. The van der Waals surface area contributed by atoms with Gasteiger partial charge in [-0.05, 0) is 26.2 Å². The number of aryl methyl sites for hydroxylation is 1. The molecule has 0 aliphatic carbocycles. The lowest BCUT2D eigenvalue weighted by Gasteiger charge is -2.34. The van der Waals surface area contributed by atoms with E-state index < -0.39 is 0 Å². The molecule has 1 aliphatic rings. The van der Waals surface area contributed by atoms with Gasteiger partial charge in [0.1, 0.15) is 10.8 Å². The summed E-state index contributed by atoms with van der Waals surface area (Å²) in [6, 6.07) is 2.63. The molecule has 0 radical (unpaired) electrons. The number of hydrogen-bond donors (Lipinski definition) is 0. The molecule has 2 aromatic heterocycles. The zero-order chi connectivity index (χ0) is 14.8. The van der Waals surface area contributed by atoms with Crippen molar-refractivity contribution < 1.29 is 9.21 Å². The minimum absolute atomic E-state index is 0.0166. The van der Waals surface area contributed by atoms with E-state index in [9.17, 15) is 9.59 Å². The molecule has 110 valence electrons. The van der Waals surface area contributed by atoms with Crippen LogP contribution in [0.2, 0.25) is 0 Å². The van der Waals surface area contributed by atoms with Crippen LogP contribution in [0.15, 0.2) is 32.9 Å². The molecule has 5 nitrogen and oxygen atoms in total. The molecule has 0 spiro atoms. The Morgan fingerprint density at radius 3 is 3.00 bits per heavy atom. The van der Waals surface area contributed by atoms with E-state index in [0.29, 0.717) is 12.3 Å². The summed E-state index contributed by atoms with van der Waals surface area (Å²) < 4.78 is 5.43. The van der Waals surface area contributed by atoms with Crippen LogP contribution in [0.1, 0.15) is 46.6 Å². The first-order valence-corrected chi connectivity index (χ1v) is 7.85. The molecule has 1 fully saturated rings. The van der Waals surface area contributed by atoms with Crippen LogP contribution in [-0.2, 0) is 0 Å². The predicted molar refractivity (Wildman–Crippen MR) is 79.5 cm³/mol. The van der Waals surface area contributed by atoms with Gasteiger partial charge in [0.25, 0.3) is 5.91 Å². The number of nitrogens with zero attached hydrogens (tertiary/aromatic N) is 2. The van der Waals surface area contributed by atoms with Crippen molar-refractivity contribution in [1.29, 1.82) is 0 Å². The van der Waals surface area contributed by atoms with E-state index >= 15 is 0 Å². The maximum Gasteiger partial charge on any atom is 0.290 e. The average molecular weight is 304 g/mol. The monoisotopic (exact) mass is 304 g/mol. The molecule has 3 rings (SSSR count). The van der Waals surface area contributed by atoms with Crippen LogP contribution in [0, 0.1) is 6.92 Å². The lowest BCUT2D eigenvalue weighted by Crippen LogP contribution is -2.38. The molecule has 0 bridgehead atoms. The molecule has 1 amide bonds. The maximum absolute atomic E-state index is 12.7. The fourth-order valence-corrected chi connectivity index (χ4v) is 3.47. The Kier molecular flexibility index (Phi) is 3.88. The van der Waals surface area contributed by atoms with Crippen molar-refractivity contribution in [1.82, 2.24) is 9.88 Å². The van der Waals surface area contributed by atoms with E-state index in [1.807, 2.05) is 5.38 Å². The van der Waals surface area contributed by atoms with E-state index in [0.717, 1.165) is 24.3 Å². The number of aromatic nitrogens is 1. The van der Waals surface area contributed by atoms with Crippen LogP contribution < -0.4 is 5.43 Å². The van der Waals surface area contributed by atoms with Gasteiger partial charge in [0, 0.05) is 30.3 Å². The Balaban J connectivity index is 1.92. The van der Waals surface area contributed by atoms with Crippen LogP contribution in [0.3, 0.4) is 0 Å². The zero-order valence-electron chi connectivity index (χ0n) is 11.7. The van der Waals surface area contributed by atoms with Crippen LogP contribution in [0.25, 0.3) is 0 Å². The fraction of sp³-hybridized carbons (Fsp3) is 0.400. The van der Waals surface area contributed by atoms with E-state index in [-0.39, 0.29) is 23.1 Å². The summed E-state index contributed by atoms with van der Waals surface area (Å²) in [5.74, 6) is 0.341. The molecular weight excluding hydrogens is 288 g/mol. The lowest BCUT2D eigenvalue weighted by molar-refractivity contribution is 0.0574. The predicted octanol–water partition coefficient (Wildman–Crippen LogP) is 2.77. The molecule has 0 saturated carbocycles. The molecule has 2 aromatic rings. The fourth-order valence-electron chi connectivity index (χ4n) is 2.68. The summed E-state index contributed by atoms with van der Waals surface area (Å²) in [5, 5.41) is 2.86. The Morgan fingerprint density at radius 1 is 1.43 bits per heavy atom. The topological polar surface area (TPSA) is 63.4 Å². The van der Waals surface area contributed by atoms with Gasteiger partial charge >= 0.3 is 0 Å². The van der Waals surface area contributed by atoms with Gasteiger partial charge in [-0.1, -0.05) is 0 Å². The molecule has 21 heavy (non-hydrogen) atoms. The third-order valence-electron chi connectivity index (χ3n) is 3.60. The summed E-state index contributed by atoms with van der Waals surface area (Å²) >= 11 is 1.55. The number of rotatable bonds is 2. The first-order valence-electron chi connectivity index (χ1n) is 6.97. The maximum atomic E-state index is 12.7. The minimum atomic E-state index is -0.226. The molecule has 1 aliphatic heterocycles. The van der Waals surface area contributed by atoms with Crippen molar-refractivity contribution in [3.63, 3.8) is 0 Å². The molecule has 1 atom stereocenters. The molecule has 6 heteroatoms. The molecule has 1 saturated heterocycles. The molecule has 0 N–H and O–H groups in total. The van der Waals surface area contributed by atoms with Crippen molar-refractivity contribution in [3.05, 3.63) is 50.5 Å². The van der Waals surface area contributed by atoms with Crippen LogP contribution >= 0.6 is 11.3 Å². The van der Waals surface area contributed by atoms with Crippen LogP contribution in [0.4, 0.5) is 0 Å². The SMILES string of the molecule is Cc1cc(=O)cc(C(=O)N2CCCC[C@@H]2c2nccs2)o1. The van der Waals surface area contributed by atoms with Gasteiger partial charge in [0.15, 0.2) is 11.2 Å². The number of carbonyl (C=O) groups is 1. The van der Waals surface area contributed by atoms with Gasteiger partial charge in [0.05, 0.1) is 6.04 Å². The zero-order valence-corrected chi connectivity index (χ0v) is 12.6. The first kappa shape index (κ1) is 14.0. The molecule has 3 heterocycles. The third-order valence-corrected chi connectivity index (χ3v) is 4.48. The lowest BCUT2D eigenvalue weighted by atomic mass is 10.0. The van der Waals surface area contributed by atoms with E-state index in [1.54, 1.807) is 29.4 Å². The summed E-state index contributed by atoms with van der Waals surface area (Å²) in [6.45, 7) is 2.34. The van der Waals surface area contributed by atoms with Gasteiger partial charge < -0.3 is 9.32 Å². The van der Waals surface area contributed by atoms with Crippen LogP contribution in [0.5, 0.6) is 0 Å². The second-order valence-corrected chi connectivity index (χ2v) is 6.07. The van der Waals surface area contributed by atoms with Crippen LogP contribution in [-0.4, -0.2) is 22.3 Å². The standard InChI is InChI=1S/C15H16N2O3S/c1-10-8-11(18)9-13(20-10)15(19)17-6-3-2-4-12(17)14-16-5-7-21-14/h5,7-9,12H,2-4,6H2,1H3/t12-/m1/s1. The number of hydrogen-bond acceptors (Lipinski definition) is 5. The summed E-state index contributed by atoms with van der Waals surface area (Å²) in [4.78, 5) is 30.4. The minimum Gasteiger partial charge on any atom is -0.456 e. The van der Waals surface area contributed by atoms with Gasteiger partial charge in [0.2, 0.25) is 0 Å². The molecule has 0 aromatic carbocycles. The number of carbonyl (C=O) groups excluding carboxylic acids is 1. The largest absolute Gasteiger partial charge is 0.456 e. The van der Waals surface area contributed by atoms with Crippen molar-refractivity contribution in [3.8, 4) is 0 Å². The highest BCUT2D eigenvalue weighted by Crippen LogP contribution is 2.33.